The Labute approximate surface area is 107 Å². The van der Waals surface area contributed by atoms with Crippen LogP contribution in [0.1, 0.15) is 39.0 Å². The smallest absolute Gasteiger partial charge is 0.330 e. The molecule has 3 saturated carbocycles. The van der Waals surface area contributed by atoms with Crippen LogP contribution in [0.25, 0.3) is 0 Å². The van der Waals surface area contributed by atoms with E-state index in [-0.39, 0.29) is 11.8 Å². The molecule has 0 aromatic carbocycles. The molecule has 100 valence electrons. The van der Waals surface area contributed by atoms with Gasteiger partial charge < -0.3 is 14.9 Å². The summed E-state index contributed by atoms with van der Waals surface area (Å²) >= 11 is 0. The highest BCUT2D eigenvalue weighted by atomic mass is 16.6. The van der Waals surface area contributed by atoms with Crippen LogP contribution in [-0.4, -0.2) is 33.0 Å². The zero-order chi connectivity index (χ0) is 13.2. The third kappa shape index (κ3) is 1.48. The van der Waals surface area contributed by atoms with Crippen LogP contribution in [0, 0.1) is 11.8 Å². The highest BCUT2D eigenvalue weighted by Gasteiger charge is 2.70. The van der Waals surface area contributed by atoms with Crippen molar-refractivity contribution in [2.45, 2.75) is 55.8 Å². The minimum atomic E-state index is -0.757. The highest BCUT2D eigenvalue weighted by molar-refractivity contribution is 5.81. The quantitative estimate of drug-likeness (QED) is 0.571. The molecule has 4 heteroatoms. The normalized spacial score (nSPS) is 53.3. The second kappa shape index (κ2) is 3.36. The zero-order valence-corrected chi connectivity index (χ0v) is 10.7. The Morgan fingerprint density at radius 3 is 2.67 bits per heavy atom. The van der Waals surface area contributed by atoms with E-state index >= 15 is 0 Å². The minimum absolute atomic E-state index is 0.0545. The fourth-order valence-electron chi connectivity index (χ4n) is 4.59. The van der Waals surface area contributed by atoms with Crippen LogP contribution < -0.4 is 0 Å². The van der Waals surface area contributed by atoms with Crippen LogP contribution in [0.5, 0.6) is 0 Å². The monoisotopic (exact) mass is 252 g/mol. The molecule has 3 aliphatic carbocycles. The predicted molar refractivity (Wildman–Crippen MR) is 64.7 cm³/mol. The molecule has 0 aromatic heterocycles. The summed E-state index contributed by atoms with van der Waals surface area (Å²) in [6, 6.07) is 0. The Morgan fingerprint density at radius 1 is 1.33 bits per heavy atom. The lowest BCUT2D eigenvalue weighted by molar-refractivity contribution is -0.159. The lowest BCUT2D eigenvalue weighted by atomic mass is 9.77. The molecule has 3 aliphatic rings. The maximum absolute atomic E-state index is 11.5. The summed E-state index contributed by atoms with van der Waals surface area (Å²) in [4.78, 5) is 11.5. The number of carbonyl (C=O) groups excluding carboxylic acids is 1. The first kappa shape index (κ1) is 12.2. The molecular formula is C14H20O4. The minimum Gasteiger partial charge on any atom is -0.456 e. The Hall–Kier alpha value is -0.870. The van der Waals surface area contributed by atoms with E-state index < -0.39 is 22.8 Å². The maximum atomic E-state index is 11.5. The molecule has 3 fully saturated rings. The average Bonchev–Trinajstić information content (AvgIpc) is 2.84. The lowest BCUT2D eigenvalue weighted by Crippen LogP contribution is -2.40. The van der Waals surface area contributed by atoms with Gasteiger partial charge in [0.25, 0.3) is 0 Å². The molecule has 18 heavy (non-hydrogen) atoms. The second-order valence-corrected chi connectivity index (χ2v) is 6.59. The molecule has 0 saturated heterocycles. The van der Waals surface area contributed by atoms with E-state index in [2.05, 4.69) is 6.58 Å². The first-order chi connectivity index (χ1) is 8.30. The number of esters is 1. The summed E-state index contributed by atoms with van der Waals surface area (Å²) in [6.45, 7) is 5.23. The number of aliphatic hydroxyl groups is 2. The van der Waals surface area contributed by atoms with Gasteiger partial charge in [-0.2, -0.15) is 0 Å². The van der Waals surface area contributed by atoms with Crippen molar-refractivity contribution >= 4 is 5.97 Å². The molecule has 2 bridgehead atoms. The molecule has 2 N–H and O–H groups in total. The van der Waals surface area contributed by atoms with E-state index in [9.17, 15) is 15.0 Å². The van der Waals surface area contributed by atoms with Gasteiger partial charge in [-0.3, -0.25) is 0 Å². The third-order valence-corrected chi connectivity index (χ3v) is 5.23. The molecule has 5 unspecified atom stereocenters. The standard InChI is InChI=1S/C14H20O4/c1-3-11(15)18-14-5-4-13(17,8-14)9-6-12(2,16)7-10(9)14/h3,9-10,16-17H,1,4-8H2,2H3. The molecule has 4 nitrogen and oxygen atoms in total. The molecule has 5 atom stereocenters. The highest BCUT2D eigenvalue weighted by Crippen LogP contribution is 2.66. The Morgan fingerprint density at radius 2 is 2.00 bits per heavy atom. The van der Waals surface area contributed by atoms with Gasteiger partial charge >= 0.3 is 5.97 Å². The lowest BCUT2D eigenvalue weighted by Gasteiger charge is -2.36. The van der Waals surface area contributed by atoms with Gasteiger partial charge in [0.05, 0.1) is 11.2 Å². The van der Waals surface area contributed by atoms with E-state index in [1.165, 1.54) is 6.08 Å². The Bertz CT molecular complexity index is 416. The van der Waals surface area contributed by atoms with Crippen LogP contribution in [0.3, 0.4) is 0 Å². The molecular weight excluding hydrogens is 232 g/mol. The average molecular weight is 252 g/mol. The van der Waals surface area contributed by atoms with Gasteiger partial charge in [0.15, 0.2) is 0 Å². The number of rotatable bonds is 2. The van der Waals surface area contributed by atoms with Crippen molar-refractivity contribution in [1.29, 1.82) is 0 Å². The van der Waals surface area contributed by atoms with Gasteiger partial charge in [-0.25, -0.2) is 4.79 Å². The molecule has 0 heterocycles. The van der Waals surface area contributed by atoms with Crippen LogP contribution in [0.2, 0.25) is 0 Å². The number of carbonyl (C=O) groups is 1. The molecule has 0 aromatic rings. The molecule has 0 aliphatic heterocycles. The summed E-state index contributed by atoms with van der Waals surface area (Å²) in [5.74, 6) is -0.291. The van der Waals surface area contributed by atoms with E-state index in [1.54, 1.807) is 6.92 Å². The Kier molecular flexibility index (Phi) is 2.28. The second-order valence-electron chi connectivity index (χ2n) is 6.59. The SMILES string of the molecule is C=CC(=O)OC12CCC(O)(C1)C1CC(C)(O)CC12. The fourth-order valence-corrected chi connectivity index (χ4v) is 4.59. The number of ether oxygens (including phenoxy) is 1. The number of fused-ring (bicyclic) bond motifs is 5. The van der Waals surface area contributed by atoms with E-state index in [0.717, 1.165) is 0 Å². The summed E-state index contributed by atoms with van der Waals surface area (Å²) in [7, 11) is 0. The number of hydrogen-bond donors (Lipinski definition) is 2. The van der Waals surface area contributed by atoms with Gasteiger partial charge in [0.2, 0.25) is 0 Å². The predicted octanol–water partition coefficient (Wildman–Crippen LogP) is 1.16. The van der Waals surface area contributed by atoms with Crippen molar-refractivity contribution < 1.29 is 19.7 Å². The van der Waals surface area contributed by atoms with Crippen molar-refractivity contribution in [2.75, 3.05) is 0 Å². The van der Waals surface area contributed by atoms with Gasteiger partial charge in [0.1, 0.15) is 5.60 Å². The van der Waals surface area contributed by atoms with Crippen molar-refractivity contribution in [3.8, 4) is 0 Å². The molecule has 0 spiro atoms. The largest absolute Gasteiger partial charge is 0.456 e. The van der Waals surface area contributed by atoms with E-state index in [0.29, 0.717) is 32.1 Å². The molecule has 3 rings (SSSR count). The van der Waals surface area contributed by atoms with Crippen LogP contribution in [0.4, 0.5) is 0 Å². The van der Waals surface area contributed by atoms with Crippen molar-refractivity contribution in [2.24, 2.45) is 11.8 Å². The van der Waals surface area contributed by atoms with E-state index in [4.69, 9.17) is 4.74 Å². The first-order valence-corrected chi connectivity index (χ1v) is 6.61. The van der Waals surface area contributed by atoms with Crippen molar-refractivity contribution in [1.82, 2.24) is 0 Å². The third-order valence-electron chi connectivity index (χ3n) is 5.23. The summed E-state index contributed by atoms with van der Waals surface area (Å²) in [6.07, 6.45) is 4.25. The van der Waals surface area contributed by atoms with Gasteiger partial charge in [0, 0.05) is 18.4 Å². The van der Waals surface area contributed by atoms with Gasteiger partial charge in [-0.05, 0) is 38.5 Å². The van der Waals surface area contributed by atoms with Crippen molar-refractivity contribution in [3.05, 3.63) is 12.7 Å². The summed E-state index contributed by atoms with van der Waals surface area (Å²) < 4.78 is 5.58. The number of hydrogen-bond acceptors (Lipinski definition) is 4. The van der Waals surface area contributed by atoms with Gasteiger partial charge in [-0.15, -0.1) is 0 Å². The summed E-state index contributed by atoms with van der Waals surface area (Å²) in [5.41, 5.74) is -2.09. The van der Waals surface area contributed by atoms with Crippen LogP contribution in [0.15, 0.2) is 12.7 Å². The van der Waals surface area contributed by atoms with Crippen molar-refractivity contribution in [3.63, 3.8) is 0 Å². The first-order valence-electron chi connectivity index (χ1n) is 6.61. The molecule has 0 radical (unpaired) electrons. The Balaban J connectivity index is 1.92. The molecule has 0 amide bonds. The van der Waals surface area contributed by atoms with Crippen LogP contribution in [-0.2, 0) is 9.53 Å². The van der Waals surface area contributed by atoms with E-state index in [1.807, 2.05) is 0 Å². The fraction of sp³-hybridized carbons (Fsp3) is 0.786. The topological polar surface area (TPSA) is 66.8 Å². The van der Waals surface area contributed by atoms with Gasteiger partial charge in [-0.1, -0.05) is 6.58 Å². The zero-order valence-electron chi connectivity index (χ0n) is 10.7. The summed E-state index contributed by atoms with van der Waals surface area (Å²) in [5, 5.41) is 20.9. The van der Waals surface area contributed by atoms with Crippen LogP contribution >= 0.6 is 0 Å². The maximum Gasteiger partial charge on any atom is 0.330 e.